The topological polar surface area (TPSA) is 38.9 Å². The summed E-state index contributed by atoms with van der Waals surface area (Å²) in [6.45, 7) is 7.71. The number of hydrogen-bond donors (Lipinski definition) is 0. The van der Waals surface area contributed by atoms with Crippen molar-refractivity contribution in [2.24, 2.45) is 0 Å². The van der Waals surface area contributed by atoms with E-state index in [-0.39, 0.29) is 5.82 Å². The number of pyridine rings is 1. The van der Waals surface area contributed by atoms with Crippen molar-refractivity contribution in [2.45, 2.75) is 13.8 Å². The van der Waals surface area contributed by atoms with E-state index in [0.717, 1.165) is 22.3 Å². The smallest absolute Gasteiger partial charge is 0.198 e. The van der Waals surface area contributed by atoms with Gasteiger partial charge in [0, 0.05) is 18.7 Å². The molecule has 2 heterocycles. The van der Waals surface area contributed by atoms with Gasteiger partial charge in [-0.3, -0.25) is 0 Å². The number of benzene rings is 1. The summed E-state index contributed by atoms with van der Waals surface area (Å²) in [4.78, 5) is 8.41. The van der Waals surface area contributed by atoms with Crippen molar-refractivity contribution in [3.8, 4) is 0 Å². The molecule has 0 saturated carbocycles. The van der Waals surface area contributed by atoms with E-state index < -0.39 is 0 Å². The molecule has 0 aliphatic rings. The van der Waals surface area contributed by atoms with Crippen LogP contribution in [0.2, 0.25) is 0 Å². The highest BCUT2D eigenvalue weighted by atomic mass is 19.1. The van der Waals surface area contributed by atoms with Crippen molar-refractivity contribution in [1.82, 2.24) is 9.97 Å². The van der Waals surface area contributed by atoms with Crippen LogP contribution >= 0.6 is 0 Å². The molecule has 0 unspecified atom stereocenters. The molecule has 0 radical (unpaired) electrons. The van der Waals surface area contributed by atoms with Gasteiger partial charge in [-0.05, 0) is 41.8 Å². The third-order valence-corrected chi connectivity index (χ3v) is 3.22. The van der Waals surface area contributed by atoms with Crippen molar-refractivity contribution in [3.63, 3.8) is 0 Å². The lowest BCUT2D eigenvalue weighted by Crippen LogP contribution is -1.92. The molecule has 4 heteroatoms. The number of halogens is 1. The van der Waals surface area contributed by atoms with E-state index in [0.29, 0.717) is 17.1 Å². The Morgan fingerprint density at radius 1 is 1.25 bits per heavy atom. The zero-order chi connectivity index (χ0) is 14.3. The standard InChI is InChI=1S/C16H13FN2O/c1-9-6-13(17)4-5-14(9)10(2)12-7-15-16(18-8-12)19-11(3)20-15/h4-8H,2H2,1,3H3. The summed E-state index contributed by atoms with van der Waals surface area (Å²) in [5.41, 5.74) is 4.55. The van der Waals surface area contributed by atoms with E-state index in [1.54, 1.807) is 19.2 Å². The zero-order valence-corrected chi connectivity index (χ0v) is 11.3. The van der Waals surface area contributed by atoms with Crippen LogP contribution in [0.4, 0.5) is 4.39 Å². The molecule has 1 aromatic carbocycles. The van der Waals surface area contributed by atoms with Gasteiger partial charge in [0.1, 0.15) is 5.82 Å². The van der Waals surface area contributed by atoms with Gasteiger partial charge in [-0.15, -0.1) is 0 Å². The van der Waals surface area contributed by atoms with Crippen molar-refractivity contribution >= 4 is 16.8 Å². The molecule has 0 spiro atoms. The molecule has 0 N–H and O–H groups in total. The Morgan fingerprint density at radius 2 is 2.05 bits per heavy atom. The normalized spacial score (nSPS) is 10.9. The SMILES string of the molecule is C=C(c1cnc2nc(C)oc2c1)c1ccc(F)cc1C. The van der Waals surface area contributed by atoms with Crippen LogP contribution in [0.15, 0.2) is 41.5 Å². The summed E-state index contributed by atoms with van der Waals surface area (Å²) >= 11 is 0. The average Bonchev–Trinajstić information content (AvgIpc) is 2.77. The lowest BCUT2D eigenvalue weighted by Gasteiger charge is -2.09. The molecular formula is C16H13FN2O. The van der Waals surface area contributed by atoms with E-state index >= 15 is 0 Å². The molecule has 0 fully saturated rings. The lowest BCUT2D eigenvalue weighted by atomic mass is 9.97. The molecule has 0 amide bonds. The van der Waals surface area contributed by atoms with Gasteiger partial charge in [-0.2, -0.15) is 4.98 Å². The van der Waals surface area contributed by atoms with Crippen molar-refractivity contribution in [3.05, 3.63) is 65.4 Å². The Bertz CT molecular complexity index is 820. The third kappa shape index (κ3) is 2.09. The first-order valence-electron chi connectivity index (χ1n) is 6.23. The minimum absolute atomic E-state index is 0.251. The molecule has 2 aromatic heterocycles. The van der Waals surface area contributed by atoms with E-state index in [1.165, 1.54) is 12.1 Å². The summed E-state index contributed by atoms with van der Waals surface area (Å²) < 4.78 is 18.6. The first-order chi connectivity index (χ1) is 9.54. The van der Waals surface area contributed by atoms with E-state index in [1.807, 2.05) is 13.0 Å². The number of fused-ring (bicyclic) bond motifs is 1. The summed E-state index contributed by atoms with van der Waals surface area (Å²) in [7, 11) is 0. The second-order valence-electron chi connectivity index (χ2n) is 4.72. The Hall–Kier alpha value is -2.49. The maximum atomic E-state index is 13.2. The Morgan fingerprint density at radius 3 is 2.80 bits per heavy atom. The predicted octanol–water partition coefficient (Wildman–Crippen LogP) is 4.04. The number of aromatic nitrogens is 2. The number of hydrogen-bond acceptors (Lipinski definition) is 3. The molecule has 0 saturated heterocycles. The summed E-state index contributed by atoms with van der Waals surface area (Å²) in [6, 6.07) is 6.50. The molecule has 0 bridgehead atoms. The van der Waals surface area contributed by atoms with Crippen LogP contribution in [0, 0.1) is 19.7 Å². The van der Waals surface area contributed by atoms with Gasteiger partial charge in [-0.1, -0.05) is 12.6 Å². The molecule has 100 valence electrons. The Kier molecular flexibility index (Phi) is 2.86. The van der Waals surface area contributed by atoms with E-state index in [2.05, 4.69) is 16.5 Å². The molecule has 0 aliphatic carbocycles. The number of rotatable bonds is 2. The van der Waals surface area contributed by atoms with Gasteiger partial charge in [0.05, 0.1) is 0 Å². The van der Waals surface area contributed by atoms with Gasteiger partial charge in [0.25, 0.3) is 0 Å². The van der Waals surface area contributed by atoms with Gasteiger partial charge >= 0.3 is 0 Å². The molecular weight excluding hydrogens is 255 g/mol. The molecule has 0 atom stereocenters. The predicted molar refractivity (Wildman–Crippen MR) is 75.8 cm³/mol. The zero-order valence-electron chi connectivity index (χ0n) is 11.3. The van der Waals surface area contributed by atoms with Crippen LogP contribution in [-0.4, -0.2) is 9.97 Å². The Labute approximate surface area is 115 Å². The van der Waals surface area contributed by atoms with Crippen molar-refractivity contribution < 1.29 is 8.81 Å². The minimum atomic E-state index is -0.251. The molecule has 3 nitrogen and oxygen atoms in total. The van der Waals surface area contributed by atoms with Crippen LogP contribution in [-0.2, 0) is 0 Å². The summed E-state index contributed by atoms with van der Waals surface area (Å²) in [5.74, 6) is 0.326. The van der Waals surface area contributed by atoms with Gasteiger partial charge in [0.2, 0.25) is 0 Å². The highest BCUT2D eigenvalue weighted by Crippen LogP contribution is 2.26. The summed E-state index contributed by atoms with van der Waals surface area (Å²) in [5, 5.41) is 0. The second kappa shape index (κ2) is 4.56. The van der Waals surface area contributed by atoms with E-state index in [4.69, 9.17) is 4.42 Å². The number of nitrogens with zero attached hydrogens (tertiary/aromatic N) is 2. The fourth-order valence-electron chi connectivity index (χ4n) is 2.21. The van der Waals surface area contributed by atoms with Crippen LogP contribution < -0.4 is 0 Å². The fourth-order valence-corrected chi connectivity index (χ4v) is 2.21. The first kappa shape index (κ1) is 12.5. The Balaban J connectivity index is 2.07. The van der Waals surface area contributed by atoms with E-state index in [9.17, 15) is 4.39 Å². The lowest BCUT2D eigenvalue weighted by molar-refractivity contribution is 0.561. The highest BCUT2D eigenvalue weighted by molar-refractivity contribution is 5.83. The fraction of sp³-hybridized carbons (Fsp3) is 0.125. The molecule has 3 aromatic rings. The third-order valence-electron chi connectivity index (χ3n) is 3.22. The van der Waals surface area contributed by atoms with Crippen LogP contribution in [0.5, 0.6) is 0 Å². The van der Waals surface area contributed by atoms with Crippen LogP contribution in [0.3, 0.4) is 0 Å². The van der Waals surface area contributed by atoms with Crippen LogP contribution in [0.1, 0.15) is 22.6 Å². The van der Waals surface area contributed by atoms with Gasteiger partial charge < -0.3 is 4.42 Å². The minimum Gasteiger partial charge on any atom is -0.439 e. The largest absolute Gasteiger partial charge is 0.439 e. The maximum Gasteiger partial charge on any atom is 0.198 e. The number of oxazole rings is 1. The van der Waals surface area contributed by atoms with Gasteiger partial charge in [0.15, 0.2) is 17.1 Å². The maximum absolute atomic E-state index is 13.2. The van der Waals surface area contributed by atoms with Gasteiger partial charge in [-0.25, -0.2) is 9.37 Å². The van der Waals surface area contributed by atoms with Crippen LogP contribution in [0.25, 0.3) is 16.8 Å². The molecule has 3 rings (SSSR count). The summed E-state index contributed by atoms with van der Waals surface area (Å²) in [6.07, 6.45) is 1.70. The van der Waals surface area contributed by atoms with Crippen molar-refractivity contribution in [1.29, 1.82) is 0 Å². The first-order valence-corrected chi connectivity index (χ1v) is 6.23. The van der Waals surface area contributed by atoms with Crippen molar-refractivity contribution in [2.75, 3.05) is 0 Å². The second-order valence-corrected chi connectivity index (χ2v) is 4.72. The number of aryl methyl sites for hydroxylation is 2. The molecule has 20 heavy (non-hydrogen) atoms. The quantitative estimate of drug-likeness (QED) is 0.704. The average molecular weight is 268 g/mol. The highest BCUT2D eigenvalue weighted by Gasteiger charge is 2.10. The monoisotopic (exact) mass is 268 g/mol. The molecule has 0 aliphatic heterocycles.